The van der Waals surface area contributed by atoms with Crippen molar-refractivity contribution in [3.05, 3.63) is 95.7 Å². The molecule has 166 valence electrons. The number of benzene rings is 3. The zero-order valence-corrected chi connectivity index (χ0v) is 18.6. The van der Waals surface area contributed by atoms with E-state index in [2.05, 4.69) is 20.6 Å². The second-order valence-corrected chi connectivity index (χ2v) is 7.38. The molecule has 2 N–H and O–H groups in total. The van der Waals surface area contributed by atoms with Gasteiger partial charge >= 0.3 is 0 Å². The predicted molar refractivity (Wildman–Crippen MR) is 129 cm³/mol. The number of para-hydroxylation sites is 4. The van der Waals surface area contributed by atoms with Crippen molar-refractivity contribution in [2.24, 2.45) is 0 Å². The van der Waals surface area contributed by atoms with Gasteiger partial charge < -0.3 is 20.1 Å². The van der Waals surface area contributed by atoms with Gasteiger partial charge in [0.15, 0.2) is 11.5 Å². The lowest BCUT2D eigenvalue weighted by molar-refractivity contribution is 0.102. The number of hydrogen-bond donors (Lipinski definition) is 2. The highest BCUT2D eigenvalue weighted by atomic mass is 16.5. The van der Waals surface area contributed by atoms with Crippen LogP contribution in [0.4, 0.5) is 17.3 Å². The predicted octanol–water partition coefficient (Wildman–Crippen LogP) is 5.89. The van der Waals surface area contributed by atoms with Gasteiger partial charge in [-0.3, -0.25) is 4.79 Å². The number of rotatable bonds is 7. The number of carbonyl (C=O) groups excluding carboxylic acids is 1. The third-order valence-corrected chi connectivity index (χ3v) is 5.02. The lowest BCUT2D eigenvalue weighted by Crippen LogP contribution is -2.16. The zero-order chi connectivity index (χ0) is 23.2. The summed E-state index contributed by atoms with van der Waals surface area (Å²) in [5, 5.41) is 6.10. The summed E-state index contributed by atoms with van der Waals surface area (Å²) in [5.41, 5.74) is 3.67. The van der Waals surface area contributed by atoms with Gasteiger partial charge in [-0.25, -0.2) is 4.98 Å². The van der Waals surface area contributed by atoms with Crippen molar-refractivity contribution in [3.63, 3.8) is 0 Å². The molecule has 0 atom stereocenters. The van der Waals surface area contributed by atoms with Crippen LogP contribution in [0.5, 0.6) is 17.4 Å². The summed E-state index contributed by atoms with van der Waals surface area (Å²) in [6.07, 6.45) is 1.45. The molecule has 0 radical (unpaired) electrons. The Morgan fingerprint density at radius 3 is 2.21 bits per heavy atom. The minimum Gasteiger partial charge on any atom is -0.493 e. The Labute approximate surface area is 192 Å². The van der Waals surface area contributed by atoms with E-state index in [1.54, 1.807) is 19.2 Å². The maximum atomic E-state index is 13.2. The Morgan fingerprint density at radius 2 is 1.52 bits per heavy atom. The molecule has 0 unspecified atom stereocenters. The van der Waals surface area contributed by atoms with Crippen molar-refractivity contribution in [3.8, 4) is 17.4 Å². The number of hydrogen-bond acceptors (Lipinski definition) is 6. The Hall–Kier alpha value is -4.39. The molecule has 3 aromatic carbocycles. The Kier molecular flexibility index (Phi) is 6.50. The van der Waals surface area contributed by atoms with Gasteiger partial charge in [0.25, 0.3) is 5.91 Å². The molecule has 0 fully saturated rings. The SMILES string of the molecule is COc1ccccc1Oc1nc(Nc2ccccc2)ncc1C(=O)Nc1c(C)cccc1C. The van der Waals surface area contributed by atoms with Crippen LogP contribution < -0.4 is 20.1 Å². The van der Waals surface area contributed by atoms with Crippen molar-refractivity contribution in [2.45, 2.75) is 13.8 Å². The van der Waals surface area contributed by atoms with Gasteiger partial charge in [0, 0.05) is 17.6 Å². The van der Waals surface area contributed by atoms with Crippen molar-refractivity contribution in [1.29, 1.82) is 0 Å². The highest BCUT2D eigenvalue weighted by Crippen LogP contribution is 2.33. The van der Waals surface area contributed by atoms with E-state index in [0.29, 0.717) is 17.4 Å². The van der Waals surface area contributed by atoms with Crippen LogP contribution in [0.25, 0.3) is 0 Å². The first-order chi connectivity index (χ1) is 16.0. The molecular weight excluding hydrogens is 416 g/mol. The monoisotopic (exact) mass is 440 g/mol. The number of aromatic nitrogens is 2. The first kappa shape index (κ1) is 21.8. The smallest absolute Gasteiger partial charge is 0.262 e. The molecule has 1 aromatic heterocycles. The third-order valence-electron chi connectivity index (χ3n) is 5.02. The summed E-state index contributed by atoms with van der Waals surface area (Å²) in [7, 11) is 1.55. The van der Waals surface area contributed by atoms with Gasteiger partial charge in [0.05, 0.1) is 7.11 Å². The van der Waals surface area contributed by atoms with Crippen LogP contribution in [0.2, 0.25) is 0 Å². The molecule has 0 bridgehead atoms. The molecule has 0 saturated heterocycles. The highest BCUT2D eigenvalue weighted by molar-refractivity contribution is 6.06. The van der Waals surface area contributed by atoms with Crippen LogP contribution in [-0.4, -0.2) is 23.0 Å². The number of ether oxygens (including phenoxy) is 2. The standard InChI is InChI=1S/C26H24N4O3/c1-17-10-9-11-18(2)23(17)29-24(31)20-16-27-26(28-19-12-5-4-6-13-19)30-25(20)33-22-15-8-7-14-21(22)32-3/h4-16H,1-3H3,(H,29,31)(H,27,28,30). The van der Waals surface area contributed by atoms with E-state index >= 15 is 0 Å². The van der Waals surface area contributed by atoms with Crippen LogP contribution in [0, 0.1) is 13.8 Å². The van der Waals surface area contributed by atoms with E-state index in [1.807, 2.05) is 74.5 Å². The molecule has 0 aliphatic carbocycles. The molecule has 0 spiro atoms. The van der Waals surface area contributed by atoms with Gasteiger partial charge in [0.1, 0.15) is 5.56 Å². The molecule has 0 aliphatic rings. The minimum atomic E-state index is -0.372. The molecule has 1 heterocycles. The Balaban J connectivity index is 1.71. The van der Waals surface area contributed by atoms with E-state index in [4.69, 9.17) is 9.47 Å². The number of anilines is 3. The first-order valence-electron chi connectivity index (χ1n) is 10.4. The Bertz CT molecular complexity index is 1260. The summed E-state index contributed by atoms with van der Waals surface area (Å²) >= 11 is 0. The van der Waals surface area contributed by atoms with Crippen LogP contribution in [0.15, 0.2) is 79.0 Å². The van der Waals surface area contributed by atoms with E-state index in [1.165, 1.54) is 6.20 Å². The van der Waals surface area contributed by atoms with E-state index in [0.717, 1.165) is 22.5 Å². The van der Waals surface area contributed by atoms with Crippen LogP contribution in [0.1, 0.15) is 21.5 Å². The summed E-state index contributed by atoms with van der Waals surface area (Å²) in [4.78, 5) is 22.0. The van der Waals surface area contributed by atoms with E-state index in [9.17, 15) is 4.79 Å². The molecule has 0 aliphatic heterocycles. The molecular formula is C26H24N4O3. The molecule has 0 saturated carbocycles. The quantitative estimate of drug-likeness (QED) is 0.373. The normalized spacial score (nSPS) is 10.4. The third kappa shape index (κ3) is 5.10. The highest BCUT2D eigenvalue weighted by Gasteiger charge is 2.20. The van der Waals surface area contributed by atoms with E-state index < -0.39 is 0 Å². The van der Waals surface area contributed by atoms with Gasteiger partial charge in [-0.1, -0.05) is 48.5 Å². The average Bonchev–Trinajstić information content (AvgIpc) is 2.82. The number of carbonyl (C=O) groups is 1. The van der Waals surface area contributed by atoms with Crippen molar-refractivity contribution in [2.75, 3.05) is 17.7 Å². The second kappa shape index (κ2) is 9.82. The average molecular weight is 441 g/mol. The van der Waals surface area contributed by atoms with Gasteiger partial charge in [0.2, 0.25) is 11.8 Å². The van der Waals surface area contributed by atoms with Gasteiger partial charge in [-0.15, -0.1) is 0 Å². The van der Waals surface area contributed by atoms with Crippen LogP contribution >= 0.6 is 0 Å². The second-order valence-electron chi connectivity index (χ2n) is 7.38. The number of nitrogens with one attached hydrogen (secondary N) is 2. The summed E-state index contributed by atoms with van der Waals surface area (Å²) in [6, 6.07) is 22.5. The summed E-state index contributed by atoms with van der Waals surface area (Å²) < 4.78 is 11.4. The molecule has 4 rings (SSSR count). The van der Waals surface area contributed by atoms with Gasteiger partial charge in [-0.2, -0.15) is 4.98 Å². The molecule has 7 nitrogen and oxygen atoms in total. The summed E-state index contributed by atoms with van der Waals surface area (Å²) in [6.45, 7) is 3.89. The fourth-order valence-electron chi connectivity index (χ4n) is 3.31. The van der Waals surface area contributed by atoms with Crippen molar-refractivity contribution >= 4 is 23.2 Å². The first-order valence-corrected chi connectivity index (χ1v) is 10.4. The topological polar surface area (TPSA) is 85.4 Å². The van der Waals surface area contributed by atoms with Crippen LogP contribution in [-0.2, 0) is 0 Å². The number of amides is 1. The van der Waals surface area contributed by atoms with Crippen LogP contribution in [0.3, 0.4) is 0 Å². The zero-order valence-electron chi connectivity index (χ0n) is 18.6. The maximum absolute atomic E-state index is 13.2. The van der Waals surface area contributed by atoms with Gasteiger partial charge in [-0.05, 0) is 49.2 Å². The molecule has 33 heavy (non-hydrogen) atoms. The Morgan fingerprint density at radius 1 is 0.848 bits per heavy atom. The molecule has 7 heteroatoms. The maximum Gasteiger partial charge on any atom is 0.262 e. The fraction of sp³-hybridized carbons (Fsp3) is 0.115. The molecule has 1 amide bonds. The summed E-state index contributed by atoms with van der Waals surface area (Å²) in [5.74, 6) is 0.996. The number of aryl methyl sites for hydroxylation is 2. The molecule has 4 aromatic rings. The lowest BCUT2D eigenvalue weighted by atomic mass is 10.1. The minimum absolute atomic E-state index is 0.108. The number of methoxy groups -OCH3 is 1. The number of nitrogens with zero attached hydrogens (tertiary/aromatic N) is 2. The van der Waals surface area contributed by atoms with Crippen molar-refractivity contribution < 1.29 is 14.3 Å². The fourth-order valence-corrected chi connectivity index (χ4v) is 3.31. The van der Waals surface area contributed by atoms with Crippen molar-refractivity contribution in [1.82, 2.24) is 9.97 Å². The van der Waals surface area contributed by atoms with E-state index in [-0.39, 0.29) is 17.4 Å². The lowest BCUT2D eigenvalue weighted by Gasteiger charge is -2.15. The largest absolute Gasteiger partial charge is 0.493 e.